The molecule has 1 aromatic carbocycles. The molecule has 0 bridgehead atoms. The third kappa shape index (κ3) is 3.77. The number of hydrogen-bond acceptors (Lipinski definition) is 6. The van der Waals surface area contributed by atoms with E-state index in [4.69, 9.17) is 10.7 Å². The minimum atomic E-state index is -0.0672. The van der Waals surface area contributed by atoms with Gasteiger partial charge in [0.2, 0.25) is 0 Å². The van der Waals surface area contributed by atoms with E-state index in [1.54, 1.807) is 11.3 Å². The molecule has 7 heteroatoms. The van der Waals surface area contributed by atoms with Gasteiger partial charge in [-0.05, 0) is 47.3 Å². The van der Waals surface area contributed by atoms with Gasteiger partial charge in [-0.1, -0.05) is 6.07 Å². The Labute approximate surface area is 178 Å². The van der Waals surface area contributed by atoms with Gasteiger partial charge in [0.1, 0.15) is 5.82 Å². The Balaban J connectivity index is 1.32. The Kier molecular flexibility index (Phi) is 4.90. The van der Waals surface area contributed by atoms with Crippen molar-refractivity contribution in [3.8, 4) is 22.6 Å². The summed E-state index contributed by atoms with van der Waals surface area (Å²) in [5, 5.41) is 4.15. The van der Waals surface area contributed by atoms with E-state index in [2.05, 4.69) is 43.8 Å². The Morgan fingerprint density at radius 2 is 1.97 bits per heavy atom. The van der Waals surface area contributed by atoms with Crippen molar-refractivity contribution in [1.82, 2.24) is 19.9 Å². The van der Waals surface area contributed by atoms with E-state index in [0.29, 0.717) is 18.1 Å². The zero-order valence-electron chi connectivity index (χ0n) is 16.3. The van der Waals surface area contributed by atoms with E-state index in [0.717, 1.165) is 53.2 Å². The highest BCUT2D eigenvalue weighted by molar-refractivity contribution is 7.08. The van der Waals surface area contributed by atoms with Crippen LogP contribution in [-0.2, 0) is 19.5 Å². The predicted octanol–water partition coefficient (Wildman–Crippen LogP) is 3.70. The van der Waals surface area contributed by atoms with Crippen LogP contribution in [0.1, 0.15) is 16.8 Å². The molecule has 0 spiro atoms. The summed E-state index contributed by atoms with van der Waals surface area (Å²) in [6.07, 6.45) is 2.68. The lowest BCUT2D eigenvalue weighted by Gasteiger charge is -2.27. The van der Waals surface area contributed by atoms with Gasteiger partial charge in [0.15, 0.2) is 0 Å². The van der Waals surface area contributed by atoms with Gasteiger partial charge in [-0.15, -0.1) is 0 Å². The number of thiophene rings is 1. The van der Waals surface area contributed by atoms with Crippen molar-refractivity contribution in [2.45, 2.75) is 19.5 Å². The normalized spacial score (nSPS) is 13.9. The van der Waals surface area contributed by atoms with Crippen LogP contribution in [0.15, 0.2) is 64.2 Å². The fraction of sp³-hybridized carbons (Fsp3) is 0.174. The first-order chi connectivity index (χ1) is 14.7. The molecule has 0 amide bonds. The second-order valence-electron chi connectivity index (χ2n) is 7.49. The van der Waals surface area contributed by atoms with Crippen LogP contribution < -0.4 is 11.3 Å². The van der Waals surface area contributed by atoms with Crippen LogP contribution in [0.5, 0.6) is 0 Å². The molecule has 0 atom stereocenters. The molecule has 0 radical (unpaired) electrons. The molecule has 6 nitrogen and oxygen atoms in total. The average Bonchev–Trinajstić information content (AvgIpc) is 3.30. The quantitative estimate of drug-likeness (QED) is 0.496. The van der Waals surface area contributed by atoms with Gasteiger partial charge in [0.25, 0.3) is 5.56 Å². The Morgan fingerprint density at radius 1 is 1.10 bits per heavy atom. The molecule has 4 heterocycles. The van der Waals surface area contributed by atoms with E-state index in [9.17, 15) is 4.79 Å². The lowest BCUT2D eigenvalue weighted by Crippen LogP contribution is -2.35. The van der Waals surface area contributed by atoms with Gasteiger partial charge >= 0.3 is 0 Å². The van der Waals surface area contributed by atoms with Crippen LogP contribution in [0.25, 0.3) is 22.6 Å². The molecular weight excluding hydrogens is 394 g/mol. The second kappa shape index (κ2) is 7.85. The maximum Gasteiger partial charge on any atom is 0.255 e. The number of nitrogens with two attached hydrogens (primary N) is 1. The highest BCUT2D eigenvalue weighted by Crippen LogP contribution is 2.22. The second-order valence-corrected chi connectivity index (χ2v) is 8.27. The first-order valence-corrected chi connectivity index (χ1v) is 10.8. The summed E-state index contributed by atoms with van der Waals surface area (Å²) in [4.78, 5) is 27.3. The van der Waals surface area contributed by atoms with Crippen LogP contribution in [-0.4, -0.2) is 26.4 Å². The fourth-order valence-corrected chi connectivity index (χ4v) is 4.40. The fourth-order valence-electron chi connectivity index (χ4n) is 3.75. The summed E-state index contributed by atoms with van der Waals surface area (Å²) in [6, 6.07) is 13.6. The van der Waals surface area contributed by atoms with Crippen molar-refractivity contribution in [3.05, 3.63) is 86.6 Å². The average molecular weight is 416 g/mol. The van der Waals surface area contributed by atoms with Gasteiger partial charge in [-0.2, -0.15) is 11.3 Å². The Bertz CT molecular complexity index is 1210. The van der Waals surface area contributed by atoms with Crippen molar-refractivity contribution in [2.24, 2.45) is 0 Å². The molecule has 0 aliphatic carbocycles. The number of anilines is 1. The van der Waals surface area contributed by atoms with Crippen LogP contribution in [0.3, 0.4) is 0 Å². The molecule has 30 heavy (non-hydrogen) atoms. The number of nitrogen functional groups attached to an aromatic ring is 1. The number of pyridine rings is 1. The zero-order chi connectivity index (χ0) is 20.5. The third-order valence-electron chi connectivity index (χ3n) is 5.38. The van der Waals surface area contributed by atoms with Crippen molar-refractivity contribution < 1.29 is 0 Å². The van der Waals surface area contributed by atoms with E-state index in [-0.39, 0.29) is 5.56 Å². The predicted molar refractivity (Wildman–Crippen MR) is 120 cm³/mol. The van der Waals surface area contributed by atoms with Gasteiger partial charge in [0.05, 0.1) is 17.0 Å². The SMILES string of the molecule is Nc1ccc(-c2nc3c(c(=O)[nH]2)CN(Cc2ccc(-c4ccsc4)nc2)CC3)cc1. The summed E-state index contributed by atoms with van der Waals surface area (Å²) < 4.78 is 0. The van der Waals surface area contributed by atoms with Crippen LogP contribution >= 0.6 is 11.3 Å². The summed E-state index contributed by atoms with van der Waals surface area (Å²) >= 11 is 1.67. The monoisotopic (exact) mass is 415 g/mol. The summed E-state index contributed by atoms with van der Waals surface area (Å²) in [5.74, 6) is 0.598. The van der Waals surface area contributed by atoms with Crippen molar-refractivity contribution in [3.63, 3.8) is 0 Å². The number of fused-ring (bicyclic) bond motifs is 1. The van der Waals surface area contributed by atoms with E-state index < -0.39 is 0 Å². The van der Waals surface area contributed by atoms with Gasteiger partial charge in [-0.25, -0.2) is 4.98 Å². The third-order valence-corrected chi connectivity index (χ3v) is 6.06. The molecule has 1 aliphatic rings. The summed E-state index contributed by atoms with van der Waals surface area (Å²) in [7, 11) is 0. The van der Waals surface area contributed by atoms with Crippen molar-refractivity contribution in [2.75, 3.05) is 12.3 Å². The minimum Gasteiger partial charge on any atom is -0.399 e. The van der Waals surface area contributed by atoms with Crippen LogP contribution in [0.2, 0.25) is 0 Å². The molecule has 0 unspecified atom stereocenters. The van der Waals surface area contributed by atoms with Gasteiger partial charge in [-0.3, -0.25) is 14.7 Å². The highest BCUT2D eigenvalue weighted by Gasteiger charge is 2.21. The Morgan fingerprint density at radius 3 is 2.70 bits per heavy atom. The first-order valence-electron chi connectivity index (χ1n) is 9.83. The first kappa shape index (κ1) is 18.7. The maximum atomic E-state index is 12.7. The van der Waals surface area contributed by atoms with E-state index in [1.165, 1.54) is 0 Å². The molecule has 0 saturated carbocycles. The molecule has 5 rings (SSSR count). The number of aromatic amines is 1. The highest BCUT2D eigenvalue weighted by atomic mass is 32.1. The van der Waals surface area contributed by atoms with Crippen molar-refractivity contribution >= 4 is 17.0 Å². The molecule has 3 aromatic heterocycles. The maximum absolute atomic E-state index is 12.7. The lowest BCUT2D eigenvalue weighted by molar-refractivity contribution is 0.241. The minimum absolute atomic E-state index is 0.0672. The number of aromatic nitrogens is 3. The van der Waals surface area contributed by atoms with Crippen LogP contribution in [0, 0.1) is 0 Å². The summed E-state index contributed by atoms with van der Waals surface area (Å²) in [5.41, 5.74) is 12.1. The molecule has 3 N–H and O–H groups in total. The van der Waals surface area contributed by atoms with E-state index >= 15 is 0 Å². The number of benzene rings is 1. The molecular formula is C23H21N5OS. The number of rotatable bonds is 4. The summed E-state index contributed by atoms with van der Waals surface area (Å²) in [6.45, 7) is 2.21. The molecule has 0 saturated heterocycles. The lowest BCUT2D eigenvalue weighted by atomic mass is 10.1. The number of hydrogen-bond donors (Lipinski definition) is 2. The molecule has 4 aromatic rings. The Hall–Kier alpha value is -3.29. The number of H-pyrrole nitrogens is 1. The van der Waals surface area contributed by atoms with Crippen molar-refractivity contribution in [1.29, 1.82) is 0 Å². The van der Waals surface area contributed by atoms with Crippen LogP contribution in [0.4, 0.5) is 5.69 Å². The topological polar surface area (TPSA) is 87.9 Å². The van der Waals surface area contributed by atoms with E-state index in [1.807, 2.05) is 30.5 Å². The smallest absolute Gasteiger partial charge is 0.255 e. The molecule has 0 fully saturated rings. The molecule has 1 aliphatic heterocycles. The van der Waals surface area contributed by atoms with Gasteiger partial charge in [0, 0.05) is 54.4 Å². The number of nitrogens with one attached hydrogen (secondary N) is 1. The molecule has 150 valence electrons. The standard InChI is InChI=1S/C23H21N5OS/c24-18-4-2-16(3-5-18)22-26-21-7-9-28(13-19(21)23(29)27-22)12-15-1-6-20(25-11-15)17-8-10-30-14-17/h1-6,8,10-11,14H,7,9,12-13,24H2,(H,26,27,29). The zero-order valence-corrected chi connectivity index (χ0v) is 17.2. The largest absolute Gasteiger partial charge is 0.399 e. The number of nitrogens with zero attached hydrogens (tertiary/aromatic N) is 3. The van der Waals surface area contributed by atoms with Gasteiger partial charge < -0.3 is 10.7 Å².